The van der Waals surface area contributed by atoms with Crippen LogP contribution in [0.3, 0.4) is 0 Å². The van der Waals surface area contributed by atoms with Gasteiger partial charge in [-0.15, -0.1) is 0 Å². The molecule has 2 rings (SSSR count). The molecule has 0 radical (unpaired) electrons. The van der Waals surface area contributed by atoms with Crippen LogP contribution in [-0.2, 0) is 0 Å². The summed E-state index contributed by atoms with van der Waals surface area (Å²) in [5, 5.41) is 9.13. The maximum atomic E-state index is 11.1. The van der Waals surface area contributed by atoms with Crippen LogP contribution in [0.2, 0.25) is 0 Å². The number of hydrogen-bond acceptors (Lipinski definition) is 3. The zero-order valence-electron chi connectivity index (χ0n) is 9.05. The molecule has 0 amide bonds. The van der Waals surface area contributed by atoms with Gasteiger partial charge in [-0.3, -0.25) is 0 Å². The summed E-state index contributed by atoms with van der Waals surface area (Å²) in [4.78, 5) is 11.1. The molecule has 0 saturated carbocycles. The molecule has 2 aromatic carbocycles. The summed E-state index contributed by atoms with van der Waals surface area (Å²) in [7, 11) is 0. The zero-order chi connectivity index (χ0) is 12.4. The minimum Gasteiger partial charge on any atom is -0.478 e. The molecule has 5 N–H and O–H groups in total. The lowest BCUT2D eigenvalue weighted by Crippen LogP contribution is -2.02. The number of rotatable bonds is 2. The summed E-state index contributed by atoms with van der Waals surface area (Å²) in [5.74, 6) is -1.00. The highest BCUT2D eigenvalue weighted by Crippen LogP contribution is 2.30. The Labute approximate surface area is 98.5 Å². The van der Waals surface area contributed by atoms with Crippen molar-refractivity contribution in [2.45, 2.75) is 0 Å². The van der Waals surface area contributed by atoms with E-state index >= 15 is 0 Å². The molecule has 4 nitrogen and oxygen atoms in total. The van der Waals surface area contributed by atoms with Crippen LogP contribution in [0.15, 0.2) is 42.5 Å². The van der Waals surface area contributed by atoms with Crippen molar-refractivity contribution in [3.8, 4) is 11.1 Å². The van der Waals surface area contributed by atoms with Gasteiger partial charge < -0.3 is 16.6 Å². The summed E-state index contributed by atoms with van der Waals surface area (Å²) in [5.41, 5.74) is 13.9. The first kappa shape index (κ1) is 11.0. The summed E-state index contributed by atoms with van der Waals surface area (Å²) >= 11 is 0. The molecule has 0 saturated heterocycles. The van der Waals surface area contributed by atoms with Crippen molar-refractivity contribution in [1.82, 2.24) is 0 Å². The van der Waals surface area contributed by atoms with Crippen LogP contribution in [0, 0.1) is 0 Å². The minimum atomic E-state index is -1.00. The number of carboxylic acid groups (broad SMARTS) is 1. The van der Waals surface area contributed by atoms with Crippen molar-refractivity contribution >= 4 is 17.3 Å². The first-order valence-corrected chi connectivity index (χ1v) is 5.07. The minimum absolute atomic E-state index is 0.176. The van der Waals surface area contributed by atoms with Crippen molar-refractivity contribution in [3.63, 3.8) is 0 Å². The number of nitrogens with two attached hydrogens (primary N) is 2. The van der Waals surface area contributed by atoms with Crippen molar-refractivity contribution in [3.05, 3.63) is 48.0 Å². The molecule has 0 fully saturated rings. The summed E-state index contributed by atoms with van der Waals surface area (Å²) < 4.78 is 0. The lowest BCUT2D eigenvalue weighted by atomic mass is 9.97. The van der Waals surface area contributed by atoms with Crippen LogP contribution in [-0.4, -0.2) is 11.1 Å². The average Bonchev–Trinajstić information content (AvgIpc) is 2.28. The second kappa shape index (κ2) is 4.17. The lowest BCUT2D eigenvalue weighted by molar-refractivity contribution is 0.0698. The summed E-state index contributed by atoms with van der Waals surface area (Å²) in [6.07, 6.45) is 0. The van der Waals surface area contributed by atoms with E-state index in [9.17, 15) is 4.79 Å². The number of aromatic carboxylic acids is 1. The third-order valence-corrected chi connectivity index (χ3v) is 2.50. The molecule has 0 unspecified atom stereocenters. The molecule has 0 aliphatic heterocycles. The van der Waals surface area contributed by atoms with Gasteiger partial charge in [0.2, 0.25) is 0 Å². The van der Waals surface area contributed by atoms with Crippen molar-refractivity contribution < 1.29 is 9.90 Å². The molecule has 0 aromatic heterocycles. The van der Waals surface area contributed by atoms with Crippen LogP contribution >= 0.6 is 0 Å². The SMILES string of the molecule is Nc1cccc(-c2c(N)cccc2C(=O)O)c1. The lowest BCUT2D eigenvalue weighted by Gasteiger charge is -2.10. The maximum Gasteiger partial charge on any atom is 0.336 e. The monoisotopic (exact) mass is 228 g/mol. The Morgan fingerprint density at radius 3 is 2.41 bits per heavy atom. The summed E-state index contributed by atoms with van der Waals surface area (Å²) in [6.45, 7) is 0. The molecule has 17 heavy (non-hydrogen) atoms. The van der Waals surface area contributed by atoms with E-state index in [1.165, 1.54) is 6.07 Å². The van der Waals surface area contributed by atoms with Gasteiger partial charge in [0.25, 0.3) is 0 Å². The van der Waals surface area contributed by atoms with E-state index in [0.29, 0.717) is 22.5 Å². The largest absolute Gasteiger partial charge is 0.478 e. The Kier molecular flexibility index (Phi) is 2.70. The Hall–Kier alpha value is -2.49. The fourth-order valence-corrected chi connectivity index (χ4v) is 1.76. The number of carboxylic acids is 1. The van der Waals surface area contributed by atoms with Crippen LogP contribution in [0.25, 0.3) is 11.1 Å². The molecular formula is C13H12N2O2. The van der Waals surface area contributed by atoms with Gasteiger partial charge in [0.15, 0.2) is 0 Å². The van der Waals surface area contributed by atoms with E-state index in [2.05, 4.69) is 0 Å². The van der Waals surface area contributed by atoms with Crippen molar-refractivity contribution in [2.75, 3.05) is 11.5 Å². The predicted molar refractivity (Wildman–Crippen MR) is 67.7 cm³/mol. The molecule has 0 bridgehead atoms. The van der Waals surface area contributed by atoms with Gasteiger partial charge in [-0.05, 0) is 29.8 Å². The highest BCUT2D eigenvalue weighted by Gasteiger charge is 2.14. The highest BCUT2D eigenvalue weighted by atomic mass is 16.4. The van der Waals surface area contributed by atoms with Gasteiger partial charge in [0.1, 0.15) is 0 Å². The smallest absolute Gasteiger partial charge is 0.336 e. The number of nitrogen functional groups attached to an aromatic ring is 2. The van der Waals surface area contributed by atoms with Gasteiger partial charge in [-0.2, -0.15) is 0 Å². The van der Waals surface area contributed by atoms with Gasteiger partial charge in [-0.25, -0.2) is 4.79 Å². The Balaban J connectivity index is 2.70. The molecule has 0 atom stereocenters. The van der Waals surface area contributed by atoms with Crippen LogP contribution in [0.4, 0.5) is 11.4 Å². The standard InChI is InChI=1S/C13H12N2O2/c14-9-4-1-3-8(7-9)12-10(13(16)17)5-2-6-11(12)15/h1-7H,14-15H2,(H,16,17). The summed E-state index contributed by atoms with van der Waals surface area (Å²) in [6, 6.07) is 11.8. The second-order valence-electron chi connectivity index (χ2n) is 3.70. The van der Waals surface area contributed by atoms with E-state index in [4.69, 9.17) is 16.6 Å². The first-order chi connectivity index (χ1) is 8.09. The van der Waals surface area contributed by atoms with E-state index < -0.39 is 5.97 Å². The number of carbonyl (C=O) groups is 1. The first-order valence-electron chi connectivity index (χ1n) is 5.07. The van der Waals surface area contributed by atoms with E-state index in [1.807, 2.05) is 0 Å². The van der Waals surface area contributed by atoms with Crippen LogP contribution in [0.1, 0.15) is 10.4 Å². The highest BCUT2D eigenvalue weighted by molar-refractivity contribution is 6.00. The van der Waals surface area contributed by atoms with Crippen molar-refractivity contribution in [2.24, 2.45) is 0 Å². The van der Waals surface area contributed by atoms with E-state index in [-0.39, 0.29) is 5.56 Å². The van der Waals surface area contributed by atoms with E-state index in [1.54, 1.807) is 36.4 Å². The Morgan fingerprint density at radius 1 is 1.06 bits per heavy atom. The zero-order valence-corrected chi connectivity index (χ0v) is 9.05. The number of anilines is 2. The maximum absolute atomic E-state index is 11.1. The second-order valence-corrected chi connectivity index (χ2v) is 3.70. The van der Waals surface area contributed by atoms with Gasteiger partial charge >= 0.3 is 5.97 Å². The molecule has 86 valence electrons. The fourth-order valence-electron chi connectivity index (χ4n) is 1.76. The number of hydrogen-bond donors (Lipinski definition) is 3. The Bertz CT molecular complexity index is 579. The molecule has 4 heteroatoms. The molecule has 0 aliphatic carbocycles. The van der Waals surface area contributed by atoms with E-state index in [0.717, 1.165) is 0 Å². The molecule has 2 aromatic rings. The fraction of sp³-hybridized carbons (Fsp3) is 0. The van der Waals surface area contributed by atoms with Crippen LogP contribution in [0.5, 0.6) is 0 Å². The molecule has 0 aliphatic rings. The molecule has 0 spiro atoms. The third kappa shape index (κ3) is 2.06. The van der Waals surface area contributed by atoms with Gasteiger partial charge in [0, 0.05) is 16.9 Å². The van der Waals surface area contributed by atoms with Crippen LogP contribution < -0.4 is 11.5 Å². The topological polar surface area (TPSA) is 89.3 Å². The molecule has 0 heterocycles. The normalized spacial score (nSPS) is 10.1. The Morgan fingerprint density at radius 2 is 1.76 bits per heavy atom. The molecular weight excluding hydrogens is 216 g/mol. The van der Waals surface area contributed by atoms with Gasteiger partial charge in [-0.1, -0.05) is 18.2 Å². The quantitative estimate of drug-likeness (QED) is 0.687. The van der Waals surface area contributed by atoms with Gasteiger partial charge in [0.05, 0.1) is 5.56 Å². The average molecular weight is 228 g/mol. The van der Waals surface area contributed by atoms with Crippen molar-refractivity contribution in [1.29, 1.82) is 0 Å². The number of benzene rings is 2. The predicted octanol–water partition coefficient (Wildman–Crippen LogP) is 2.22. The third-order valence-electron chi connectivity index (χ3n) is 2.50.